The molecule has 1 aromatic heterocycles. The second-order valence-electron chi connectivity index (χ2n) is 7.22. The summed E-state index contributed by atoms with van der Waals surface area (Å²) in [5.41, 5.74) is 3.68. The molecule has 3 aromatic rings. The van der Waals surface area contributed by atoms with Crippen LogP contribution in [-0.2, 0) is 13.0 Å². The van der Waals surface area contributed by atoms with E-state index >= 15 is 0 Å². The van der Waals surface area contributed by atoms with Crippen LogP contribution < -0.4 is 10.4 Å². The van der Waals surface area contributed by atoms with Crippen molar-refractivity contribution in [3.8, 4) is 5.75 Å². The summed E-state index contributed by atoms with van der Waals surface area (Å²) in [7, 11) is 0. The van der Waals surface area contributed by atoms with Crippen LogP contribution in [0.2, 0.25) is 0 Å². The smallest absolute Gasteiger partial charge is 0.336 e. The fraction of sp³-hybridized carbons (Fsp3) is 0.348. The van der Waals surface area contributed by atoms with Gasteiger partial charge in [0, 0.05) is 24.0 Å². The van der Waals surface area contributed by atoms with Gasteiger partial charge in [0.25, 0.3) is 0 Å². The summed E-state index contributed by atoms with van der Waals surface area (Å²) in [6.07, 6.45) is 3.05. The third-order valence-electron chi connectivity index (χ3n) is 5.43. The fourth-order valence-corrected chi connectivity index (χ4v) is 3.78. The van der Waals surface area contributed by atoms with E-state index in [1.165, 1.54) is 5.56 Å². The third-order valence-corrected chi connectivity index (χ3v) is 5.43. The predicted octanol–water partition coefficient (Wildman–Crippen LogP) is 5.05. The standard InChI is InChI=1S/C23H25NO3/c1-3-4-8-18-13-22(25)27-23-19(18)11-12-21-20(23)14-24(15-26-21)16(2)17-9-6-5-7-10-17/h5-7,9-13,16H,3-4,8,14-15H2,1-2H3/t16-/m0/s1. The highest BCUT2D eigenvalue weighted by molar-refractivity contribution is 5.85. The summed E-state index contributed by atoms with van der Waals surface area (Å²) in [5.74, 6) is 0.815. The monoisotopic (exact) mass is 363 g/mol. The van der Waals surface area contributed by atoms with Gasteiger partial charge in [-0.2, -0.15) is 0 Å². The van der Waals surface area contributed by atoms with E-state index in [-0.39, 0.29) is 11.7 Å². The van der Waals surface area contributed by atoms with Gasteiger partial charge in [-0.05, 0) is 43.0 Å². The maximum absolute atomic E-state index is 12.2. The highest BCUT2D eigenvalue weighted by atomic mass is 16.5. The minimum Gasteiger partial charge on any atom is -0.478 e. The van der Waals surface area contributed by atoms with E-state index in [0.717, 1.165) is 41.5 Å². The Bertz CT molecular complexity index is 994. The molecule has 0 aliphatic carbocycles. The first-order chi connectivity index (χ1) is 13.2. The van der Waals surface area contributed by atoms with Crippen LogP contribution in [0.1, 0.15) is 49.4 Å². The Kier molecular flexibility index (Phi) is 4.99. The third kappa shape index (κ3) is 3.50. The topological polar surface area (TPSA) is 42.7 Å². The van der Waals surface area contributed by atoms with Crippen LogP contribution in [0.25, 0.3) is 11.0 Å². The Morgan fingerprint density at radius 2 is 1.96 bits per heavy atom. The molecule has 1 aliphatic rings. The van der Waals surface area contributed by atoms with Crippen molar-refractivity contribution in [2.75, 3.05) is 6.73 Å². The number of hydrogen-bond donors (Lipinski definition) is 0. The van der Waals surface area contributed by atoms with Crippen molar-refractivity contribution in [2.45, 2.75) is 45.7 Å². The van der Waals surface area contributed by atoms with Crippen LogP contribution in [0.15, 0.2) is 57.7 Å². The van der Waals surface area contributed by atoms with Gasteiger partial charge in [-0.15, -0.1) is 0 Å². The van der Waals surface area contributed by atoms with Gasteiger partial charge in [0.2, 0.25) is 0 Å². The second-order valence-corrected chi connectivity index (χ2v) is 7.22. The Morgan fingerprint density at radius 1 is 1.15 bits per heavy atom. The first-order valence-electron chi connectivity index (χ1n) is 9.67. The Morgan fingerprint density at radius 3 is 2.74 bits per heavy atom. The fourth-order valence-electron chi connectivity index (χ4n) is 3.78. The molecule has 1 atom stereocenters. The largest absolute Gasteiger partial charge is 0.478 e. The lowest BCUT2D eigenvalue weighted by molar-refractivity contribution is 0.0620. The minimum atomic E-state index is -0.282. The molecular weight excluding hydrogens is 338 g/mol. The molecule has 0 radical (unpaired) electrons. The van der Waals surface area contributed by atoms with E-state index in [9.17, 15) is 4.79 Å². The van der Waals surface area contributed by atoms with E-state index in [1.807, 2.05) is 18.2 Å². The maximum Gasteiger partial charge on any atom is 0.336 e. The molecule has 4 nitrogen and oxygen atoms in total. The summed E-state index contributed by atoms with van der Waals surface area (Å²) >= 11 is 0. The zero-order valence-corrected chi connectivity index (χ0v) is 15.9. The Hall–Kier alpha value is -2.59. The molecule has 0 amide bonds. The lowest BCUT2D eigenvalue weighted by Gasteiger charge is -2.34. The van der Waals surface area contributed by atoms with Gasteiger partial charge in [0.15, 0.2) is 0 Å². The molecule has 4 rings (SSSR count). The SMILES string of the molecule is CCCCc1cc(=O)oc2c3c(ccc12)OCN([C@@H](C)c1ccccc1)C3. The van der Waals surface area contributed by atoms with Gasteiger partial charge in [0.1, 0.15) is 18.1 Å². The van der Waals surface area contributed by atoms with Crippen molar-refractivity contribution in [2.24, 2.45) is 0 Å². The van der Waals surface area contributed by atoms with Crippen LogP contribution in [0.5, 0.6) is 5.75 Å². The highest BCUT2D eigenvalue weighted by Crippen LogP contribution is 2.36. The molecule has 1 aliphatic heterocycles. The average Bonchev–Trinajstić information content (AvgIpc) is 2.71. The summed E-state index contributed by atoms with van der Waals surface area (Å²) in [4.78, 5) is 14.4. The zero-order chi connectivity index (χ0) is 18.8. The van der Waals surface area contributed by atoms with Crippen molar-refractivity contribution < 1.29 is 9.15 Å². The average molecular weight is 363 g/mol. The number of benzene rings is 2. The first-order valence-corrected chi connectivity index (χ1v) is 9.67. The van der Waals surface area contributed by atoms with Crippen molar-refractivity contribution in [1.82, 2.24) is 4.90 Å². The zero-order valence-electron chi connectivity index (χ0n) is 15.9. The molecule has 27 heavy (non-hydrogen) atoms. The molecule has 0 N–H and O–H groups in total. The number of unbranched alkanes of at least 4 members (excludes halogenated alkanes) is 1. The Labute approximate surface area is 159 Å². The molecule has 0 saturated heterocycles. The van der Waals surface area contributed by atoms with E-state index in [0.29, 0.717) is 18.9 Å². The highest BCUT2D eigenvalue weighted by Gasteiger charge is 2.26. The quantitative estimate of drug-likeness (QED) is 0.595. The van der Waals surface area contributed by atoms with Gasteiger partial charge in [-0.25, -0.2) is 4.79 Å². The molecule has 0 bridgehead atoms. The van der Waals surface area contributed by atoms with E-state index in [4.69, 9.17) is 9.15 Å². The summed E-state index contributed by atoms with van der Waals surface area (Å²) in [6.45, 7) is 5.56. The minimum absolute atomic E-state index is 0.213. The molecule has 4 heteroatoms. The lowest BCUT2D eigenvalue weighted by atomic mass is 10.00. The Balaban J connectivity index is 1.73. The van der Waals surface area contributed by atoms with Gasteiger partial charge in [-0.3, -0.25) is 4.90 Å². The number of nitrogens with zero attached hydrogens (tertiary/aromatic N) is 1. The van der Waals surface area contributed by atoms with Gasteiger partial charge in [0.05, 0.1) is 5.56 Å². The maximum atomic E-state index is 12.2. The van der Waals surface area contributed by atoms with Crippen LogP contribution in [0.3, 0.4) is 0 Å². The summed E-state index contributed by atoms with van der Waals surface area (Å²) in [6, 6.07) is 16.3. The predicted molar refractivity (Wildman–Crippen MR) is 107 cm³/mol. The number of hydrogen-bond acceptors (Lipinski definition) is 4. The first kappa shape index (κ1) is 17.8. The van der Waals surface area contributed by atoms with Crippen LogP contribution in [0.4, 0.5) is 0 Å². The molecule has 2 aromatic carbocycles. The summed E-state index contributed by atoms with van der Waals surface area (Å²) in [5, 5.41) is 1.03. The van der Waals surface area contributed by atoms with Crippen molar-refractivity contribution in [3.63, 3.8) is 0 Å². The normalized spacial score (nSPS) is 15.3. The van der Waals surface area contributed by atoms with Crippen LogP contribution in [-0.4, -0.2) is 11.6 Å². The van der Waals surface area contributed by atoms with Gasteiger partial charge < -0.3 is 9.15 Å². The van der Waals surface area contributed by atoms with Crippen molar-refractivity contribution >= 4 is 11.0 Å². The molecule has 0 unspecified atom stereocenters. The number of fused-ring (bicyclic) bond motifs is 3. The van der Waals surface area contributed by atoms with Crippen LogP contribution in [0, 0.1) is 0 Å². The lowest BCUT2D eigenvalue weighted by Crippen LogP contribution is -2.34. The number of rotatable bonds is 5. The molecule has 0 saturated carbocycles. The second kappa shape index (κ2) is 7.57. The van der Waals surface area contributed by atoms with Gasteiger partial charge in [-0.1, -0.05) is 43.7 Å². The molecule has 0 spiro atoms. The number of ether oxygens (including phenoxy) is 1. The van der Waals surface area contributed by atoms with Gasteiger partial charge >= 0.3 is 5.63 Å². The van der Waals surface area contributed by atoms with Crippen molar-refractivity contribution in [3.05, 3.63) is 75.6 Å². The molecule has 0 fully saturated rings. The molecule has 2 heterocycles. The summed E-state index contributed by atoms with van der Waals surface area (Å²) < 4.78 is 11.7. The van der Waals surface area contributed by atoms with Crippen LogP contribution >= 0.6 is 0 Å². The van der Waals surface area contributed by atoms with E-state index in [2.05, 4.69) is 43.0 Å². The number of aryl methyl sites for hydroxylation is 1. The van der Waals surface area contributed by atoms with E-state index < -0.39 is 0 Å². The van der Waals surface area contributed by atoms with E-state index in [1.54, 1.807) is 6.07 Å². The van der Waals surface area contributed by atoms with Crippen molar-refractivity contribution in [1.29, 1.82) is 0 Å². The molecule has 140 valence electrons. The molecular formula is C23H25NO3.